The minimum absolute atomic E-state index is 0.160. The van der Waals surface area contributed by atoms with Crippen LogP contribution in [-0.4, -0.2) is 24.2 Å². The lowest BCUT2D eigenvalue weighted by Crippen LogP contribution is -2.30. The molecule has 2 amide bonds. The van der Waals surface area contributed by atoms with E-state index in [2.05, 4.69) is 16.7 Å². The number of nitrogens with two attached hydrogens (primary N) is 2. The van der Waals surface area contributed by atoms with E-state index in [1.807, 2.05) is 24.3 Å². The van der Waals surface area contributed by atoms with E-state index in [0.29, 0.717) is 19.4 Å². The number of primary amides is 1. The van der Waals surface area contributed by atoms with Crippen molar-refractivity contribution in [3.05, 3.63) is 42.5 Å². The third-order valence-corrected chi connectivity index (χ3v) is 2.50. The molecule has 0 aliphatic heterocycles. The van der Waals surface area contributed by atoms with Gasteiger partial charge in [0.25, 0.3) is 0 Å². The lowest BCUT2D eigenvalue weighted by atomic mass is 10.1. The van der Waals surface area contributed by atoms with Gasteiger partial charge < -0.3 is 15.2 Å². The Kier molecular flexibility index (Phi) is 9.90. The second-order valence-corrected chi connectivity index (χ2v) is 5.84. The summed E-state index contributed by atoms with van der Waals surface area (Å²) in [4.78, 5) is 20.9. The highest BCUT2D eigenvalue weighted by Gasteiger charge is 2.12. The first-order chi connectivity index (χ1) is 11.2. The van der Waals surface area contributed by atoms with Crippen LogP contribution in [0.3, 0.4) is 0 Å². The molecule has 7 heteroatoms. The first-order valence-corrected chi connectivity index (χ1v) is 7.48. The Morgan fingerprint density at radius 3 is 2.21 bits per heavy atom. The zero-order valence-corrected chi connectivity index (χ0v) is 14.5. The van der Waals surface area contributed by atoms with Crippen molar-refractivity contribution in [1.82, 2.24) is 5.43 Å². The van der Waals surface area contributed by atoms with Gasteiger partial charge in [0, 0.05) is 6.42 Å². The molecule has 24 heavy (non-hydrogen) atoms. The Bertz CT molecular complexity index is 522. The second kappa shape index (κ2) is 11.1. The number of aryl methyl sites for hydroxylation is 1. The summed E-state index contributed by atoms with van der Waals surface area (Å²) >= 11 is 0. The van der Waals surface area contributed by atoms with E-state index in [4.69, 9.17) is 16.3 Å². The number of carbonyl (C=O) groups excluding carboxylic acids is 2. The third-order valence-electron chi connectivity index (χ3n) is 2.50. The largest absolute Gasteiger partial charge is 0.490 e. The molecule has 0 fully saturated rings. The summed E-state index contributed by atoms with van der Waals surface area (Å²) < 4.78 is 9.92. The number of ether oxygens (including phenoxy) is 2. The summed E-state index contributed by atoms with van der Waals surface area (Å²) in [6, 6.07) is 7.61. The molecule has 134 valence electrons. The van der Waals surface area contributed by atoms with Gasteiger partial charge in [-0.1, -0.05) is 24.8 Å². The first-order valence-electron chi connectivity index (χ1n) is 7.48. The van der Waals surface area contributed by atoms with Gasteiger partial charge in [-0.05, 0) is 44.9 Å². The van der Waals surface area contributed by atoms with E-state index in [1.165, 1.54) is 0 Å². The van der Waals surface area contributed by atoms with E-state index in [-0.39, 0.29) is 5.91 Å². The highest BCUT2D eigenvalue weighted by Crippen LogP contribution is 2.13. The predicted octanol–water partition coefficient (Wildman–Crippen LogP) is 2.05. The Balaban J connectivity index is 0.000000561. The molecule has 1 rings (SSSR count). The summed E-state index contributed by atoms with van der Waals surface area (Å²) in [6.07, 6.45) is 2.03. The number of nitrogens with one attached hydrogen (secondary N) is 1. The lowest BCUT2D eigenvalue weighted by Gasteiger charge is -2.16. The SMILES string of the molecule is C=CCOc1ccc(CCC(=O)NN)cc1.CC(C)(C)OC(N)=O. The van der Waals surface area contributed by atoms with Crippen LogP contribution in [0.5, 0.6) is 5.75 Å². The number of carbonyl (C=O) groups is 2. The topological polar surface area (TPSA) is 117 Å². The van der Waals surface area contributed by atoms with E-state index in [1.54, 1.807) is 26.8 Å². The zero-order chi connectivity index (χ0) is 18.6. The smallest absolute Gasteiger partial charge is 0.405 e. The Labute approximate surface area is 143 Å². The summed E-state index contributed by atoms with van der Waals surface area (Å²) in [5.74, 6) is 5.62. The minimum Gasteiger partial charge on any atom is -0.490 e. The van der Waals surface area contributed by atoms with Crippen LogP contribution in [0.4, 0.5) is 4.79 Å². The van der Waals surface area contributed by atoms with Crippen LogP contribution >= 0.6 is 0 Å². The standard InChI is InChI=1S/C12H16N2O2.C5H11NO2/c1-2-9-16-11-6-3-10(4-7-11)5-8-12(15)14-13;1-5(2,3)8-4(6)7/h2-4,6-7H,1,5,8-9,13H2,(H,14,15);1-3H3,(H2,6,7). The molecule has 0 unspecified atom stereocenters. The Hall–Kier alpha value is -2.54. The molecular weight excluding hydrogens is 310 g/mol. The minimum atomic E-state index is -0.725. The van der Waals surface area contributed by atoms with Crippen LogP contribution in [0.15, 0.2) is 36.9 Å². The fourth-order valence-electron chi connectivity index (χ4n) is 1.54. The molecule has 0 atom stereocenters. The normalized spacial score (nSPS) is 10.0. The molecule has 5 N–H and O–H groups in total. The van der Waals surface area contributed by atoms with Crippen molar-refractivity contribution >= 4 is 12.0 Å². The van der Waals surface area contributed by atoms with Crippen molar-refractivity contribution in [2.45, 2.75) is 39.2 Å². The van der Waals surface area contributed by atoms with Crippen molar-refractivity contribution in [3.8, 4) is 5.75 Å². The van der Waals surface area contributed by atoms with Gasteiger partial charge in [0.05, 0.1) is 0 Å². The monoisotopic (exact) mass is 337 g/mol. The van der Waals surface area contributed by atoms with Crippen molar-refractivity contribution < 1.29 is 19.1 Å². The van der Waals surface area contributed by atoms with Crippen LogP contribution in [0, 0.1) is 0 Å². The van der Waals surface area contributed by atoms with Crippen molar-refractivity contribution in [3.63, 3.8) is 0 Å². The van der Waals surface area contributed by atoms with Gasteiger partial charge in [-0.3, -0.25) is 10.2 Å². The molecule has 0 spiro atoms. The van der Waals surface area contributed by atoms with Crippen molar-refractivity contribution in [2.75, 3.05) is 6.61 Å². The first kappa shape index (κ1) is 21.5. The predicted molar refractivity (Wildman–Crippen MR) is 93.2 cm³/mol. The van der Waals surface area contributed by atoms with Gasteiger partial charge >= 0.3 is 6.09 Å². The summed E-state index contributed by atoms with van der Waals surface area (Å²) in [5.41, 5.74) is 7.44. The maximum absolute atomic E-state index is 10.9. The Morgan fingerprint density at radius 2 is 1.83 bits per heavy atom. The fraction of sp³-hybridized carbons (Fsp3) is 0.412. The Morgan fingerprint density at radius 1 is 1.25 bits per heavy atom. The average Bonchev–Trinajstić information content (AvgIpc) is 2.49. The maximum Gasteiger partial charge on any atom is 0.405 e. The molecule has 1 aromatic carbocycles. The molecule has 0 saturated heterocycles. The van der Waals surface area contributed by atoms with Gasteiger partial charge in [-0.2, -0.15) is 0 Å². The number of hydrogen-bond donors (Lipinski definition) is 3. The quantitative estimate of drug-likeness (QED) is 0.318. The molecule has 0 radical (unpaired) electrons. The number of rotatable bonds is 6. The zero-order valence-electron chi connectivity index (χ0n) is 14.5. The molecule has 0 aliphatic carbocycles. The number of hydrogen-bond acceptors (Lipinski definition) is 5. The highest BCUT2D eigenvalue weighted by atomic mass is 16.6. The van der Waals surface area contributed by atoms with Crippen LogP contribution in [0.25, 0.3) is 0 Å². The molecule has 0 aliphatic rings. The van der Waals surface area contributed by atoms with Crippen LogP contribution in [0.2, 0.25) is 0 Å². The molecule has 7 nitrogen and oxygen atoms in total. The number of benzene rings is 1. The van der Waals surface area contributed by atoms with Gasteiger partial charge in [-0.15, -0.1) is 0 Å². The molecule has 1 aromatic rings. The molecule has 0 aromatic heterocycles. The third kappa shape index (κ3) is 12.0. The molecule has 0 bridgehead atoms. The van der Waals surface area contributed by atoms with Gasteiger partial charge in [0.1, 0.15) is 18.0 Å². The fourth-order valence-corrected chi connectivity index (χ4v) is 1.54. The van der Waals surface area contributed by atoms with Gasteiger partial charge in [0.15, 0.2) is 0 Å². The van der Waals surface area contributed by atoms with Crippen molar-refractivity contribution in [2.24, 2.45) is 11.6 Å². The van der Waals surface area contributed by atoms with Crippen LogP contribution in [0.1, 0.15) is 32.8 Å². The molecule has 0 saturated carbocycles. The number of hydrazine groups is 1. The van der Waals surface area contributed by atoms with Crippen LogP contribution < -0.4 is 21.7 Å². The van der Waals surface area contributed by atoms with E-state index in [0.717, 1.165) is 11.3 Å². The summed E-state index contributed by atoms with van der Waals surface area (Å²) in [5, 5.41) is 0. The van der Waals surface area contributed by atoms with Crippen LogP contribution in [-0.2, 0) is 16.0 Å². The lowest BCUT2D eigenvalue weighted by molar-refractivity contribution is -0.121. The molecule has 0 heterocycles. The van der Waals surface area contributed by atoms with Gasteiger partial charge in [0.2, 0.25) is 5.91 Å². The van der Waals surface area contributed by atoms with Crippen molar-refractivity contribution in [1.29, 1.82) is 0 Å². The van der Waals surface area contributed by atoms with Gasteiger partial charge in [-0.25, -0.2) is 10.6 Å². The summed E-state index contributed by atoms with van der Waals surface area (Å²) in [6.45, 7) is 9.35. The molecular formula is C17H27N3O4. The second-order valence-electron chi connectivity index (χ2n) is 5.84. The van der Waals surface area contributed by atoms with E-state index >= 15 is 0 Å². The highest BCUT2D eigenvalue weighted by molar-refractivity contribution is 5.75. The van der Waals surface area contributed by atoms with E-state index in [9.17, 15) is 9.59 Å². The number of amides is 2. The van der Waals surface area contributed by atoms with E-state index < -0.39 is 11.7 Å². The average molecular weight is 337 g/mol. The maximum atomic E-state index is 10.9. The summed E-state index contributed by atoms with van der Waals surface area (Å²) in [7, 11) is 0.